The lowest BCUT2D eigenvalue weighted by molar-refractivity contribution is -0.136. The number of rotatable bonds is 5. The van der Waals surface area contributed by atoms with Gasteiger partial charge in [-0.05, 0) is 11.6 Å². The van der Waals surface area contributed by atoms with Crippen LogP contribution in [-0.4, -0.2) is 47.3 Å². The minimum Gasteiger partial charge on any atom is -0.481 e. The fraction of sp³-hybridized carbons (Fsp3) is 0.375. The first-order valence-corrected chi connectivity index (χ1v) is 8.14. The Morgan fingerprint density at radius 1 is 1.29 bits per heavy atom. The number of carboxylic acid groups (broad SMARTS) is 1. The number of halogens is 2. The van der Waals surface area contributed by atoms with Crippen LogP contribution >= 0.6 is 36.2 Å². The van der Waals surface area contributed by atoms with Crippen LogP contribution < -0.4 is 0 Å². The van der Waals surface area contributed by atoms with Crippen LogP contribution in [-0.2, 0) is 22.5 Å². The van der Waals surface area contributed by atoms with Crippen LogP contribution in [0.5, 0.6) is 0 Å². The van der Waals surface area contributed by atoms with E-state index in [1.54, 1.807) is 0 Å². The molecule has 1 N–H and O–H groups in total. The molecule has 2 heterocycles. The summed E-state index contributed by atoms with van der Waals surface area (Å²) in [4.78, 5) is 17.5. The van der Waals surface area contributed by atoms with Gasteiger partial charge >= 0.3 is 5.97 Å². The monoisotopic (exact) mass is 390 g/mol. The number of benzene rings is 1. The number of hydrogen-bond acceptors (Lipinski definition) is 5. The van der Waals surface area contributed by atoms with Crippen molar-refractivity contribution < 1.29 is 14.6 Å². The lowest BCUT2D eigenvalue weighted by Gasteiger charge is -2.26. The molecular formula is C16H20Cl2N2O3S. The van der Waals surface area contributed by atoms with Gasteiger partial charge in [0.05, 0.1) is 25.3 Å². The molecule has 0 bridgehead atoms. The van der Waals surface area contributed by atoms with E-state index in [2.05, 4.69) is 22.0 Å². The van der Waals surface area contributed by atoms with E-state index in [4.69, 9.17) is 9.84 Å². The summed E-state index contributed by atoms with van der Waals surface area (Å²) >= 11 is 1.49. The highest BCUT2D eigenvalue weighted by Gasteiger charge is 2.12. The van der Waals surface area contributed by atoms with Crippen LogP contribution in [0.4, 0.5) is 0 Å². The number of ether oxygens (including phenoxy) is 1. The quantitative estimate of drug-likeness (QED) is 0.849. The van der Waals surface area contributed by atoms with Gasteiger partial charge in [0.2, 0.25) is 0 Å². The third-order valence-electron chi connectivity index (χ3n) is 3.57. The van der Waals surface area contributed by atoms with Crippen LogP contribution in [0.3, 0.4) is 0 Å². The summed E-state index contributed by atoms with van der Waals surface area (Å²) in [5.41, 5.74) is 2.91. The van der Waals surface area contributed by atoms with Crippen molar-refractivity contribution in [2.24, 2.45) is 0 Å². The largest absolute Gasteiger partial charge is 0.481 e. The normalized spacial score (nSPS) is 14.5. The third kappa shape index (κ3) is 5.72. The van der Waals surface area contributed by atoms with E-state index in [0.717, 1.165) is 43.4 Å². The van der Waals surface area contributed by atoms with Crippen LogP contribution in [0.15, 0.2) is 29.6 Å². The summed E-state index contributed by atoms with van der Waals surface area (Å²) in [5, 5.41) is 11.5. The highest BCUT2D eigenvalue weighted by molar-refractivity contribution is 7.13. The molecule has 2 aromatic rings. The Bertz CT molecular complexity index is 660. The summed E-state index contributed by atoms with van der Waals surface area (Å²) < 4.78 is 5.37. The van der Waals surface area contributed by atoms with E-state index in [0.29, 0.717) is 5.69 Å². The Hall–Kier alpha value is -1.18. The van der Waals surface area contributed by atoms with E-state index < -0.39 is 5.97 Å². The Kier molecular flexibility index (Phi) is 8.66. The van der Waals surface area contributed by atoms with Crippen LogP contribution in [0.1, 0.15) is 11.3 Å². The molecule has 1 aromatic carbocycles. The zero-order valence-corrected chi connectivity index (χ0v) is 15.5. The molecule has 0 radical (unpaired) electrons. The first-order valence-electron chi connectivity index (χ1n) is 7.26. The van der Waals surface area contributed by atoms with Gasteiger partial charge in [-0.1, -0.05) is 18.2 Å². The highest BCUT2D eigenvalue weighted by Crippen LogP contribution is 2.25. The molecule has 1 saturated heterocycles. The molecule has 0 amide bonds. The van der Waals surface area contributed by atoms with Crippen LogP contribution in [0.25, 0.3) is 10.6 Å². The molecule has 3 rings (SSSR count). The smallest absolute Gasteiger partial charge is 0.309 e. The van der Waals surface area contributed by atoms with Gasteiger partial charge in [-0.2, -0.15) is 0 Å². The Balaban J connectivity index is 0.00000144. The zero-order chi connectivity index (χ0) is 15.4. The molecule has 1 aliphatic rings. The number of hydrogen-bond donors (Lipinski definition) is 1. The minimum atomic E-state index is -0.849. The molecule has 5 nitrogen and oxygen atoms in total. The molecule has 0 spiro atoms. The number of carboxylic acids is 1. The maximum atomic E-state index is 10.7. The summed E-state index contributed by atoms with van der Waals surface area (Å²) in [6.45, 7) is 4.43. The van der Waals surface area contributed by atoms with Gasteiger partial charge in [-0.15, -0.1) is 36.2 Å². The summed E-state index contributed by atoms with van der Waals surface area (Å²) in [6.07, 6.45) is -0.0238. The van der Waals surface area contributed by atoms with Gasteiger partial charge in [-0.25, -0.2) is 4.98 Å². The van der Waals surface area contributed by atoms with Crippen molar-refractivity contribution >= 4 is 42.1 Å². The molecule has 1 fully saturated rings. The number of nitrogens with zero attached hydrogens (tertiary/aromatic N) is 2. The zero-order valence-electron chi connectivity index (χ0n) is 13.0. The Labute approximate surface area is 157 Å². The molecule has 0 unspecified atom stereocenters. The maximum Gasteiger partial charge on any atom is 0.309 e. The average Bonchev–Trinajstić information content (AvgIpc) is 2.96. The average molecular weight is 391 g/mol. The van der Waals surface area contributed by atoms with Crippen molar-refractivity contribution in [3.05, 3.63) is 40.9 Å². The molecule has 0 atom stereocenters. The fourth-order valence-corrected chi connectivity index (χ4v) is 3.31. The SMILES string of the molecule is Cl.Cl.O=C(O)Cc1csc(-c2cccc(CN3CCOCC3)c2)n1. The maximum absolute atomic E-state index is 10.7. The van der Waals surface area contributed by atoms with Crippen molar-refractivity contribution in [3.8, 4) is 10.6 Å². The molecule has 1 aliphatic heterocycles. The molecule has 8 heteroatoms. The number of morpholine rings is 1. The third-order valence-corrected chi connectivity index (χ3v) is 4.51. The lowest BCUT2D eigenvalue weighted by atomic mass is 10.1. The van der Waals surface area contributed by atoms with Crippen molar-refractivity contribution in [2.75, 3.05) is 26.3 Å². The molecule has 132 valence electrons. The molecule has 24 heavy (non-hydrogen) atoms. The first-order chi connectivity index (χ1) is 10.7. The molecule has 1 aromatic heterocycles. The van der Waals surface area contributed by atoms with Gasteiger partial charge in [0, 0.05) is 30.6 Å². The van der Waals surface area contributed by atoms with Crippen molar-refractivity contribution in [3.63, 3.8) is 0 Å². The molecule has 0 aliphatic carbocycles. The van der Waals surface area contributed by atoms with Crippen LogP contribution in [0, 0.1) is 0 Å². The second-order valence-corrected chi connectivity index (χ2v) is 6.16. The Morgan fingerprint density at radius 2 is 2.04 bits per heavy atom. The standard InChI is InChI=1S/C16H18N2O3S.2ClH/c19-15(20)9-14-11-22-16(17-14)13-3-1-2-12(8-13)10-18-4-6-21-7-5-18;;/h1-3,8,11H,4-7,9-10H2,(H,19,20);2*1H. The number of aromatic nitrogens is 1. The van der Waals surface area contributed by atoms with Gasteiger partial charge in [-0.3, -0.25) is 9.69 Å². The second kappa shape index (κ2) is 9.96. The summed E-state index contributed by atoms with van der Waals surface area (Å²) in [7, 11) is 0. The van der Waals surface area contributed by atoms with Crippen molar-refractivity contribution in [1.82, 2.24) is 9.88 Å². The van der Waals surface area contributed by atoms with Crippen molar-refractivity contribution in [1.29, 1.82) is 0 Å². The Morgan fingerprint density at radius 3 is 2.75 bits per heavy atom. The minimum absolute atomic E-state index is 0. The van der Waals surface area contributed by atoms with Gasteiger partial charge in [0.15, 0.2) is 0 Å². The number of carbonyl (C=O) groups is 1. The number of aliphatic carboxylic acids is 1. The molecule has 0 saturated carbocycles. The lowest BCUT2D eigenvalue weighted by Crippen LogP contribution is -2.35. The summed E-state index contributed by atoms with van der Waals surface area (Å²) in [5.74, 6) is -0.849. The van der Waals surface area contributed by atoms with Crippen LogP contribution in [0.2, 0.25) is 0 Å². The van der Waals surface area contributed by atoms with Gasteiger partial charge in [0.1, 0.15) is 5.01 Å². The predicted molar refractivity (Wildman–Crippen MR) is 99.5 cm³/mol. The van der Waals surface area contributed by atoms with E-state index in [9.17, 15) is 4.79 Å². The second-order valence-electron chi connectivity index (χ2n) is 5.30. The predicted octanol–water partition coefficient (Wildman–Crippen LogP) is 3.11. The van der Waals surface area contributed by atoms with E-state index in [-0.39, 0.29) is 31.2 Å². The van der Waals surface area contributed by atoms with Crippen molar-refractivity contribution in [2.45, 2.75) is 13.0 Å². The molecular weight excluding hydrogens is 371 g/mol. The van der Waals surface area contributed by atoms with E-state index in [1.807, 2.05) is 17.5 Å². The first kappa shape index (κ1) is 20.9. The summed E-state index contributed by atoms with van der Waals surface area (Å²) in [6, 6.07) is 8.30. The van der Waals surface area contributed by atoms with Gasteiger partial charge in [0.25, 0.3) is 0 Å². The van der Waals surface area contributed by atoms with E-state index >= 15 is 0 Å². The topological polar surface area (TPSA) is 62.7 Å². The fourth-order valence-electron chi connectivity index (χ4n) is 2.50. The van der Waals surface area contributed by atoms with Gasteiger partial charge < -0.3 is 9.84 Å². The highest BCUT2D eigenvalue weighted by atomic mass is 35.5. The number of thiazole rings is 1. The van der Waals surface area contributed by atoms with E-state index in [1.165, 1.54) is 16.9 Å².